The molecular weight excluding hydrogens is 300 g/mol. The summed E-state index contributed by atoms with van der Waals surface area (Å²) in [5, 5.41) is 8.64. The monoisotopic (exact) mass is 330 g/mol. The van der Waals surface area contributed by atoms with Gasteiger partial charge in [0.15, 0.2) is 0 Å². The van der Waals surface area contributed by atoms with Gasteiger partial charge in [0.2, 0.25) is 5.91 Å². The highest BCUT2D eigenvalue weighted by atomic mass is 16.2. The Balaban J connectivity index is 1.50. The van der Waals surface area contributed by atoms with Gasteiger partial charge in [0, 0.05) is 32.0 Å². The van der Waals surface area contributed by atoms with Gasteiger partial charge in [-0.2, -0.15) is 0 Å². The first-order valence-corrected chi connectivity index (χ1v) is 9.87. The van der Waals surface area contributed by atoms with Crippen LogP contribution in [-0.4, -0.2) is 38.7 Å². The number of hydrogen-bond acceptors (Lipinski definition) is 3. The van der Waals surface area contributed by atoms with Crippen molar-refractivity contribution in [2.75, 3.05) is 13.1 Å². The summed E-state index contributed by atoms with van der Waals surface area (Å²) < 4.78 is 2.22. The van der Waals surface area contributed by atoms with Gasteiger partial charge < -0.3 is 9.47 Å². The Bertz CT molecular complexity index is 586. The third-order valence-electron chi connectivity index (χ3n) is 6.71. The maximum Gasteiger partial charge on any atom is 0.222 e. The minimum Gasteiger partial charge on any atom is -0.341 e. The molecule has 5 heteroatoms. The second-order valence-corrected chi connectivity index (χ2v) is 8.28. The molecule has 0 N–H and O–H groups in total. The third-order valence-corrected chi connectivity index (χ3v) is 6.71. The van der Waals surface area contributed by atoms with E-state index < -0.39 is 0 Å². The second kappa shape index (κ2) is 6.49. The van der Waals surface area contributed by atoms with Gasteiger partial charge >= 0.3 is 0 Å². The van der Waals surface area contributed by atoms with Crippen LogP contribution in [0, 0.1) is 11.3 Å². The molecule has 1 aromatic heterocycles. The van der Waals surface area contributed by atoms with E-state index in [4.69, 9.17) is 0 Å². The average Bonchev–Trinajstić information content (AvgIpc) is 3.24. The van der Waals surface area contributed by atoms with E-state index in [-0.39, 0.29) is 5.41 Å². The first-order chi connectivity index (χ1) is 11.7. The molecule has 2 saturated carbocycles. The molecule has 2 heterocycles. The summed E-state index contributed by atoms with van der Waals surface area (Å²) in [5.74, 6) is 2.52. The number of aromatic nitrogens is 3. The average molecular weight is 330 g/mol. The first-order valence-electron chi connectivity index (χ1n) is 9.87. The van der Waals surface area contributed by atoms with E-state index >= 15 is 0 Å². The van der Waals surface area contributed by atoms with Crippen molar-refractivity contribution in [1.82, 2.24) is 19.7 Å². The standard InChI is InChI=1S/C19H30N4O/c1-2-10-22-14-20-21-18(22)16-12-23(13-19(16)8-5-9-19)17(24)11-15-6-3-4-7-15/h14-16H,2-13H2,1H3. The van der Waals surface area contributed by atoms with E-state index in [1.54, 1.807) is 0 Å². The molecule has 1 saturated heterocycles. The van der Waals surface area contributed by atoms with Gasteiger partial charge in [-0.15, -0.1) is 10.2 Å². The summed E-state index contributed by atoms with van der Waals surface area (Å²) in [6.07, 6.45) is 12.6. The number of nitrogens with zero attached hydrogens (tertiary/aromatic N) is 4. The Morgan fingerprint density at radius 2 is 2.08 bits per heavy atom. The van der Waals surface area contributed by atoms with Gasteiger partial charge in [-0.25, -0.2) is 0 Å². The fourth-order valence-electron chi connectivity index (χ4n) is 5.19. The fourth-order valence-corrected chi connectivity index (χ4v) is 5.19. The smallest absolute Gasteiger partial charge is 0.222 e. The Morgan fingerprint density at radius 3 is 2.75 bits per heavy atom. The Hall–Kier alpha value is -1.39. The van der Waals surface area contributed by atoms with Crippen LogP contribution in [0.5, 0.6) is 0 Å². The van der Waals surface area contributed by atoms with Gasteiger partial charge in [0.05, 0.1) is 0 Å². The quantitative estimate of drug-likeness (QED) is 0.832. The molecule has 5 nitrogen and oxygen atoms in total. The van der Waals surface area contributed by atoms with Crippen LogP contribution in [0.2, 0.25) is 0 Å². The van der Waals surface area contributed by atoms with E-state index in [9.17, 15) is 4.79 Å². The predicted molar refractivity (Wildman–Crippen MR) is 92.5 cm³/mol. The molecule has 1 unspecified atom stereocenters. The molecule has 1 spiro atoms. The van der Waals surface area contributed by atoms with Crippen molar-refractivity contribution >= 4 is 5.91 Å². The third kappa shape index (κ3) is 2.76. The minimum atomic E-state index is 0.282. The normalized spacial score (nSPS) is 26.2. The largest absolute Gasteiger partial charge is 0.341 e. The highest BCUT2D eigenvalue weighted by Gasteiger charge is 2.53. The molecular formula is C19H30N4O. The van der Waals surface area contributed by atoms with Crippen LogP contribution in [-0.2, 0) is 11.3 Å². The molecule has 0 radical (unpaired) electrons. The summed E-state index contributed by atoms with van der Waals surface area (Å²) in [5.41, 5.74) is 0.282. The van der Waals surface area contributed by atoms with Gasteiger partial charge in [0.1, 0.15) is 12.2 Å². The number of carbonyl (C=O) groups is 1. The lowest BCUT2D eigenvalue weighted by Crippen LogP contribution is -2.38. The van der Waals surface area contributed by atoms with Crippen molar-refractivity contribution < 1.29 is 4.79 Å². The molecule has 1 amide bonds. The molecule has 1 aliphatic heterocycles. The van der Waals surface area contributed by atoms with Crippen LogP contribution in [0.25, 0.3) is 0 Å². The van der Waals surface area contributed by atoms with Crippen molar-refractivity contribution in [3.8, 4) is 0 Å². The number of likely N-dealkylation sites (tertiary alicyclic amines) is 1. The molecule has 1 atom stereocenters. The maximum absolute atomic E-state index is 12.8. The Morgan fingerprint density at radius 1 is 1.29 bits per heavy atom. The number of amides is 1. The Kier molecular flexibility index (Phi) is 4.35. The SMILES string of the molecule is CCCn1cnnc1C1CN(C(=O)CC2CCCC2)CC12CCC2. The van der Waals surface area contributed by atoms with E-state index in [0.717, 1.165) is 38.3 Å². The molecule has 132 valence electrons. The van der Waals surface area contributed by atoms with Gasteiger partial charge in [-0.05, 0) is 43.4 Å². The van der Waals surface area contributed by atoms with Crippen LogP contribution in [0.4, 0.5) is 0 Å². The van der Waals surface area contributed by atoms with Gasteiger partial charge in [-0.1, -0.05) is 26.2 Å². The summed E-state index contributed by atoms with van der Waals surface area (Å²) >= 11 is 0. The minimum absolute atomic E-state index is 0.282. The summed E-state index contributed by atoms with van der Waals surface area (Å²) in [6, 6.07) is 0. The number of hydrogen-bond donors (Lipinski definition) is 0. The van der Waals surface area contributed by atoms with E-state index in [1.165, 1.54) is 44.9 Å². The summed E-state index contributed by atoms with van der Waals surface area (Å²) in [7, 11) is 0. The zero-order valence-corrected chi connectivity index (χ0v) is 14.9. The molecule has 0 bridgehead atoms. The van der Waals surface area contributed by atoms with E-state index in [1.807, 2.05) is 6.33 Å². The topological polar surface area (TPSA) is 51.0 Å². The van der Waals surface area contributed by atoms with Crippen LogP contribution in [0.15, 0.2) is 6.33 Å². The van der Waals surface area contributed by atoms with Gasteiger partial charge in [-0.3, -0.25) is 4.79 Å². The first kappa shape index (κ1) is 16.1. The summed E-state index contributed by atoms with van der Waals surface area (Å²) in [6.45, 7) is 4.97. The fraction of sp³-hybridized carbons (Fsp3) is 0.842. The number of rotatable bonds is 5. The highest BCUT2D eigenvalue weighted by Crippen LogP contribution is 2.55. The molecule has 24 heavy (non-hydrogen) atoms. The second-order valence-electron chi connectivity index (χ2n) is 8.28. The van der Waals surface area contributed by atoms with E-state index in [0.29, 0.717) is 17.7 Å². The maximum atomic E-state index is 12.8. The summed E-state index contributed by atoms with van der Waals surface area (Å²) in [4.78, 5) is 15.0. The van der Waals surface area contributed by atoms with Crippen molar-refractivity contribution in [2.24, 2.45) is 11.3 Å². The molecule has 4 rings (SSSR count). The zero-order valence-electron chi connectivity index (χ0n) is 14.9. The lowest BCUT2D eigenvalue weighted by atomic mass is 9.62. The van der Waals surface area contributed by atoms with Gasteiger partial charge in [0.25, 0.3) is 0 Å². The van der Waals surface area contributed by atoms with Crippen molar-refractivity contribution in [1.29, 1.82) is 0 Å². The van der Waals surface area contributed by atoms with Crippen LogP contribution in [0.3, 0.4) is 0 Å². The molecule has 0 aromatic carbocycles. The highest BCUT2D eigenvalue weighted by molar-refractivity contribution is 5.77. The van der Waals surface area contributed by atoms with Crippen molar-refractivity contribution in [2.45, 2.75) is 77.2 Å². The van der Waals surface area contributed by atoms with Crippen molar-refractivity contribution in [3.63, 3.8) is 0 Å². The lowest BCUT2D eigenvalue weighted by Gasteiger charge is -2.42. The van der Waals surface area contributed by atoms with Crippen LogP contribution >= 0.6 is 0 Å². The van der Waals surface area contributed by atoms with E-state index in [2.05, 4.69) is 26.6 Å². The number of aryl methyl sites for hydroxylation is 1. The predicted octanol–water partition coefficient (Wildman–Crippen LogP) is 3.36. The molecule has 1 aromatic rings. The van der Waals surface area contributed by atoms with Crippen LogP contribution in [0.1, 0.15) is 76.5 Å². The molecule has 3 aliphatic rings. The molecule has 3 fully saturated rings. The van der Waals surface area contributed by atoms with Crippen LogP contribution < -0.4 is 0 Å². The number of carbonyl (C=O) groups excluding carboxylic acids is 1. The van der Waals surface area contributed by atoms with Crippen molar-refractivity contribution in [3.05, 3.63) is 12.2 Å². The molecule has 2 aliphatic carbocycles. The zero-order chi connectivity index (χ0) is 16.6. The Labute approximate surface area is 144 Å². The lowest BCUT2D eigenvalue weighted by molar-refractivity contribution is -0.131.